The summed E-state index contributed by atoms with van der Waals surface area (Å²) in [6.07, 6.45) is 0.927. The molecule has 1 aromatic rings. The minimum Gasteiger partial charge on any atom is -0.493 e. The van der Waals surface area contributed by atoms with Crippen molar-refractivity contribution in [1.82, 2.24) is 5.32 Å². The first-order chi connectivity index (χ1) is 8.46. The van der Waals surface area contributed by atoms with E-state index in [1.54, 1.807) is 0 Å². The fraction of sp³-hybridized carbons (Fsp3) is 0.600. The Morgan fingerprint density at radius 1 is 1.28 bits per heavy atom. The van der Waals surface area contributed by atoms with E-state index in [0.29, 0.717) is 6.61 Å². The van der Waals surface area contributed by atoms with E-state index in [2.05, 4.69) is 25.2 Å². The maximum absolute atomic E-state index is 9.10. The summed E-state index contributed by atoms with van der Waals surface area (Å²) in [6, 6.07) is 6.12. The van der Waals surface area contributed by atoms with Crippen LogP contribution in [0, 0.1) is 13.8 Å². The molecule has 102 valence electrons. The molecule has 0 bridgehead atoms. The third kappa shape index (κ3) is 4.67. The molecular weight excluding hydrogens is 226 g/mol. The van der Waals surface area contributed by atoms with Crippen molar-refractivity contribution in [2.24, 2.45) is 0 Å². The SMILES string of the molecule is Cc1cccc(OCCCNC(C)(C)CO)c1C. The predicted octanol–water partition coefficient (Wildman–Crippen LogP) is 2.43. The summed E-state index contributed by atoms with van der Waals surface area (Å²) in [6.45, 7) is 9.82. The van der Waals surface area contributed by atoms with Crippen LogP contribution in [-0.4, -0.2) is 30.4 Å². The van der Waals surface area contributed by atoms with Gasteiger partial charge in [0.25, 0.3) is 0 Å². The first-order valence-electron chi connectivity index (χ1n) is 6.51. The zero-order chi connectivity index (χ0) is 13.6. The largest absolute Gasteiger partial charge is 0.493 e. The van der Waals surface area contributed by atoms with Gasteiger partial charge in [-0.2, -0.15) is 0 Å². The van der Waals surface area contributed by atoms with Crippen molar-refractivity contribution >= 4 is 0 Å². The van der Waals surface area contributed by atoms with Gasteiger partial charge in [-0.25, -0.2) is 0 Å². The average Bonchev–Trinajstić information content (AvgIpc) is 2.34. The van der Waals surface area contributed by atoms with E-state index < -0.39 is 0 Å². The molecule has 0 aliphatic heterocycles. The van der Waals surface area contributed by atoms with Crippen LogP contribution in [0.4, 0.5) is 0 Å². The molecular formula is C15H25NO2. The number of hydrogen-bond acceptors (Lipinski definition) is 3. The summed E-state index contributed by atoms with van der Waals surface area (Å²) in [5.41, 5.74) is 2.26. The Kier molecular flexibility index (Phi) is 5.63. The molecule has 1 rings (SSSR count). The summed E-state index contributed by atoms with van der Waals surface area (Å²) < 4.78 is 5.76. The van der Waals surface area contributed by atoms with Crippen LogP contribution in [-0.2, 0) is 0 Å². The minimum atomic E-state index is -0.209. The molecule has 0 aliphatic rings. The number of aliphatic hydroxyl groups is 1. The van der Waals surface area contributed by atoms with Gasteiger partial charge in [-0.05, 0) is 57.9 Å². The number of hydrogen-bond donors (Lipinski definition) is 2. The molecule has 1 aromatic carbocycles. The van der Waals surface area contributed by atoms with Gasteiger partial charge in [0.15, 0.2) is 0 Å². The molecule has 0 spiro atoms. The number of nitrogens with one attached hydrogen (secondary N) is 1. The molecule has 0 radical (unpaired) electrons. The van der Waals surface area contributed by atoms with E-state index in [0.717, 1.165) is 18.7 Å². The zero-order valence-electron chi connectivity index (χ0n) is 11.9. The van der Waals surface area contributed by atoms with Crippen LogP contribution in [0.25, 0.3) is 0 Å². The van der Waals surface area contributed by atoms with Gasteiger partial charge < -0.3 is 15.2 Å². The number of ether oxygens (including phenoxy) is 1. The first-order valence-corrected chi connectivity index (χ1v) is 6.51. The Morgan fingerprint density at radius 2 is 2.00 bits per heavy atom. The van der Waals surface area contributed by atoms with Crippen LogP contribution in [0.3, 0.4) is 0 Å². The van der Waals surface area contributed by atoms with Gasteiger partial charge in [0.1, 0.15) is 5.75 Å². The Labute approximate surface area is 110 Å². The van der Waals surface area contributed by atoms with Crippen molar-refractivity contribution in [3.8, 4) is 5.75 Å². The van der Waals surface area contributed by atoms with Gasteiger partial charge in [0.2, 0.25) is 0 Å². The summed E-state index contributed by atoms with van der Waals surface area (Å²) >= 11 is 0. The van der Waals surface area contributed by atoms with Gasteiger partial charge in [0, 0.05) is 5.54 Å². The fourth-order valence-corrected chi connectivity index (χ4v) is 1.62. The number of aryl methyl sites for hydroxylation is 1. The normalized spacial score (nSPS) is 11.6. The van der Waals surface area contributed by atoms with Crippen molar-refractivity contribution in [3.05, 3.63) is 29.3 Å². The fourth-order valence-electron chi connectivity index (χ4n) is 1.62. The number of aliphatic hydroxyl groups excluding tert-OH is 1. The molecule has 18 heavy (non-hydrogen) atoms. The van der Waals surface area contributed by atoms with Crippen molar-refractivity contribution < 1.29 is 9.84 Å². The third-order valence-electron chi connectivity index (χ3n) is 3.13. The highest BCUT2D eigenvalue weighted by molar-refractivity contribution is 5.38. The van der Waals surface area contributed by atoms with Gasteiger partial charge in [-0.1, -0.05) is 12.1 Å². The van der Waals surface area contributed by atoms with Crippen LogP contribution in [0.2, 0.25) is 0 Å². The van der Waals surface area contributed by atoms with Gasteiger partial charge in [-0.15, -0.1) is 0 Å². The van der Waals surface area contributed by atoms with E-state index >= 15 is 0 Å². The molecule has 0 saturated heterocycles. The highest BCUT2D eigenvalue weighted by Crippen LogP contribution is 2.20. The average molecular weight is 251 g/mol. The first kappa shape index (κ1) is 15.0. The van der Waals surface area contributed by atoms with Crippen LogP contribution < -0.4 is 10.1 Å². The summed E-state index contributed by atoms with van der Waals surface area (Å²) in [4.78, 5) is 0. The van der Waals surface area contributed by atoms with Crippen molar-refractivity contribution in [2.45, 2.75) is 39.7 Å². The second kappa shape index (κ2) is 6.76. The second-order valence-electron chi connectivity index (χ2n) is 5.37. The Hall–Kier alpha value is -1.06. The molecule has 0 aromatic heterocycles. The number of rotatable bonds is 7. The summed E-state index contributed by atoms with van der Waals surface area (Å²) in [7, 11) is 0. The maximum Gasteiger partial charge on any atom is 0.122 e. The summed E-state index contributed by atoms with van der Waals surface area (Å²) in [5, 5.41) is 12.4. The van der Waals surface area contributed by atoms with E-state index in [4.69, 9.17) is 9.84 Å². The van der Waals surface area contributed by atoms with Crippen LogP contribution in [0.5, 0.6) is 5.75 Å². The predicted molar refractivity (Wildman–Crippen MR) is 75.2 cm³/mol. The van der Waals surface area contributed by atoms with Crippen LogP contribution in [0.1, 0.15) is 31.4 Å². The second-order valence-corrected chi connectivity index (χ2v) is 5.37. The Balaban J connectivity index is 2.28. The quantitative estimate of drug-likeness (QED) is 0.731. The smallest absolute Gasteiger partial charge is 0.122 e. The minimum absolute atomic E-state index is 0.144. The van der Waals surface area contributed by atoms with E-state index in [1.165, 1.54) is 11.1 Å². The van der Waals surface area contributed by atoms with Gasteiger partial charge >= 0.3 is 0 Å². The molecule has 0 fully saturated rings. The lowest BCUT2D eigenvalue weighted by Gasteiger charge is -2.23. The highest BCUT2D eigenvalue weighted by atomic mass is 16.5. The van der Waals surface area contributed by atoms with Crippen LogP contribution in [0.15, 0.2) is 18.2 Å². The van der Waals surface area contributed by atoms with E-state index in [1.807, 2.05) is 26.0 Å². The lowest BCUT2D eigenvalue weighted by Crippen LogP contribution is -2.43. The molecule has 3 heteroatoms. The Bertz CT molecular complexity index is 375. The monoisotopic (exact) mass is 251 g/mol. The van der Waals surface area contributed by atoms with Gasteiger partial charge in [0.05, 0.1) is 13.2 Å². The molecule has 0 amide bonds. The summed E-state index contributed by atoms with van der Waals surface area (Å²) in [5.74, 6) is 0.969. The number of benzene rings is 1. The molecule has 3 nitrogen and oxygen atoms in total. The maximum atomic E-state index is 9.10. The zero-order valence-corrected chi connectivity index (χ0v) is 11.9. The molecule has 0 heterocycles. The third-order valence-corrected chi connectivity index (χ3v) is 3.13. The highest BCUT2D eigenvalue weighted by Gasteiger charge is 2.14. The molecule has 0 aliphatic carbocycles. The topological polar surface area (TPSA) is 41.5 Å². The van der Waals surface area contributed by atoms with Crippen molar-refractivity contribution in [3.63, 3.8) is 0 Å². The van der Waals surface area contributed by atoms with Crippen molar-refractivity contribution in [1.29, 1.82) is 0 Å². The standard InChI is InChI=1S/C15H25NO2/c1-12-7-5-8-14(13(12)2)18-10-6-9-16-15(3,4)11-17/h5,7-8,16-17H,6,9-11H2,1-4H3. The lowest BCUT2D eigenvalue weighted by molar-refractivity contribution is 0.185. The van der Waals surface area contributed by atoms with E-state index in [9.17, 15) is 0 Å². The molecule has 0 saturated carbocycles. The van der Waals surface area contributed by atoms with Crippen molar-refractivity contribution in [2.75, 3.05) is 19.8 Å². The molecule has 0 unspecified atom stereocenters. The lowest BCUT2D eigenvalue weighted by atomic mass is 10.1. The van der Waals surface area contributed by atoms with Crippen LogP contribution >= 0.6 is 0 Å². The van der Waals surface area contributed by atoms with Gasteiger partial charge in [-0.3, -0.25) is 0 Å². The molecule has 2 N–H and O–H groups in total. The Morgan fingerprint density at radius 3 is 2.67 bits per heavy atom. The molecule has 0 atom stereocenters. The van der Waals surface area contributed by atoms with E-state index in [-0.39, 0.29) is 12.1 Å².